The normalized spacial score (nSPS) is 15.5. The molecule has 162 valence electrons. The van der Waals surface area contributed by atoms with Crippen molar-refractivity contribution in [3.05, 3.63) is 93.6 Å². The zero-order valence-corrected chi connectivity index (χ0v) is 18.8. The molecule has 4 aromatic rings. The van der Waals surface area contributed by atoms with E-state index in [2.05, 4.69) is 4.98 Å². The highest BCUT2D eigenvalue weighted by Gasteiger charge is 2.35. The van der Waals surface area contributed by atoms with Crippen molar-refractivity contribution >= 4 is 40.2 Å². The molecule has 5 rings (SSSR count). The summed E-state index contributed by atoms with van der Waals surface area (Å²) in [5.74, 6) is 1.20. The van der Waals surface area contributed by atoms with Gasteiger partial charge in [0.05, 0.1) is 7.11 Å². The lowest BCUT2D eigenvalue weighted by Gasteiger charge is -2.35. The average Bonchev–Trinajstić information content (AvgIpc) is 3.18. The molecule has 7 heteroatoms. The highest BCUT2D eigenvalue weighted by Crippen LogP contribution is 2.40. The number of benzene rings is 3. The van der Waals surface area contributed by atoms with Gasteiger partial charge in [-0.2, -0.15) is 0 Å². The molecule has 0 saturated heterocycles. The Morgan fingerprint density at radius 2 is 1.66 bits per heavy atom. The van der Waals surface area contributed by atoms with Crippen molar-refractivity contribution in [2.24, 2.45) is 0 Å². The Kier molecular flexibility index (Phi) is 5.45. The molecule has 0 fully saturated rings. The number of nitrogens with zero attached hydrogens (tertiary/aromatic N) is 1. The summed E-state index contributed by atoms with van der Waals surface area (Å²) >= 11 is 12.2. The van der Waals surface area contributed by atoms with Gasteiger partial charge in [-0.25, -0.2) is 4.79 Å². The number of methoxy groups -OCH3 is 1. The number of hydrogen-bond donors (Lipinski definition) is 1. The number of hydrogen-bond acceptors (Lipinski definition) is 3. The summed E-state index contributed by atoms with van der Waals surface area (Å²) in [6, 6.07) is 20.0. The van der Waals surface area contributed by atoms with Gasteiger partial charge in [0.15, 0.2) is 0 Å². The number of amides is 1. The third-order valence-electron chi connectivity index (χ3n) is 5.77. The maximum atomic E-state index is 13.2. The van der Waals surface area contributed by atoms with Crippen LogP contribution in [-0.4, -0.2) is 29.6 Å². The summed E-state index contributed by atoms with van der Waals surface area (Å²) < 4.78 is 11.0. The van der Waals surface area contributed by atoms with E-state index < -0.39 is 6.09 Å². The number of ether oxygens (including phenoxy) is 2. The fourth-order valence-corrected chi connectivity index (χ4v) is 4.55. The molecule has 5 nitrogen and oxygen atoms in total. The van der Waals surface area contributed by atoms with Gasteiger partial charge in [0.25, 0.3) is 0 Å². The number of halogens is 2. The van der Waals surface area contributed by atoms with Gasteiger partial charge in [-0.05, 0) is 72.1 Å². The molecule has 1 N–H and O–H groups in total. The number of aromatic nitrogens is 1. The van der Waals surface area contributed by atoms with Crippen molar-refractivity contribution in [1.82, 2.24) is 9.88 Å². The maximum absolute atomic E-state index is 13.2. The van der Waals surface area contributed by atoms with Crippen molar-refractivity contribution < 1.29 is 14.3 Å². The minimum Gasteiger partial charge on any atom is -0.497 e. The summed E-state index contributed by atoms with van der Waals surface area (Å²) in [6.07, 6.45) is 0.272. The van der Waals surface area contributed by atoms with Crippen LogP contribution in [-0.2, 0) is 6.42 Å². The largest absolute Gasteiger partial charge is 0.497 e. The number of nitrogens with one attached hydrogen (secondary N) is 1. The van der Waals surface area contributed by atoms with Gasteiger partial charge in [0.1, 0.15) is 17.5 Å². The molecular weight excluding hydrogens is 447 g/mol. The molecule has 0 unspecified atom stereocenters. The van der Waals surface area contributed by atoms with Crippen LogP contribution in [0.3, 0.4) is 0 Å². The van der Waals surface area contributed by atoms with Crippen LogP contribution in [0.15, 0.2) is 66.7 Å². The second-order valence-electron chi connectivity index (χ2n) is 7.65. The van der Waals surface area contributed by atoms with Crippen molar-refractivity contribution in [3.8, 4) is 11.5 Å². The minimum absolute atomic E-state index is 0.337. The van der Waals surface area contributed by atoms with Crippen molar-refractivity contribution in [1.29, 1.82) is 0 Å². The van der Waals surface area contributed by atoms with Gasteiger partial charge >= 0.3 is 6.09 Å². The Balaban J connectivity index is 1.57. The van der Waals surface area contributed by atoms with E-state index in [0.717, 1.165) is 27.9 Å². The zero-order valence-electron chi connectivity index (χ0n) is 17.3. The average molecular weight is 467 g/mol. The summed E-state index contributed by atoms with van der Waals surface area (Å²) in [5.41, 5.74) is 4.08. The standard InChI is InChI=1S/C25H20Cl2N2O3/c1-31-18-7-2-15(3-8-18)24-23-20(21-14-17(27)6-11-22(21)28-23)12-13-29(24)25(30)32-19-9-4-16(26)5-10-19/h2-11,14,24,28H,12-13H2,1H3/t24-/m1/s1. The smallest absolute Gasteiger partial charge is 0.416 e. The molecule has 0 radical (unpaired) electrons. The Bertz CT molecular complexity index is 1280. The monoisotopic (exact) mass is 466 g/mol. The van der Waals surface area contributed by atoms with E-state index in [4.69, 9.17) is 32.7 Å². The Morgan fingerprint density at radius 1 is 0.969 bits per heavy atom. The highest BCUT2D eigenvalue weighted by atomic mass is 35.5. The SMILES string of the molecule is COc1ccc([C@@H]2c3[nH]c4ccc(Cl)cc4c3CCN2C(=O)Oc2ccc(Cl)cc2)cc1. The molecule has 32 heavy (non-hydrogen) atoms. The molecule has 1 amide bonds. The van der Waals surface area contributed by atoms with Crippen LogP contribution in [0.4, 0.5) is 4.79 Å². The quantitative estimate of drug-likeness (QED) is 0.368. The molecule has 2 heterocycles. The summed E-state index contributed by atoms with van der Waals surface area (Å²) in [7, 11) is 1.63. The van der Waals surface area contributed by atoms with Crippen LogP contribution in [0.2, 0.25) is 10.0 Å². The first-order valence-corrected chi connectivity index (χ1v) is 11.0. The van der Waals surface area contributed by atoms with E-state index in [1.54, 1.807) is 36.3 Å². The Morgan fingerprint density at radius 3 is 2.38 bits per heavy atom. The number of carbonyl (C=O) groups is 1. The molecule has 0 bridgehead atoms. The molecule has 1 aliphatic heterocycles. The second kappa shape index (κ2) is 8.41. The van der Waals surface area contributed by atoms with Crippen molar-refractivity contribution in [2.75, 3.05) is 13.7 Å². The topological polar surface area (TPSA) is 54.6 Å². The fraction of sp³-hybridized carbons (Fsp3) is 0.160. The first-order valence-electron chi connectivity index (χ1n) is 10.2. The fourth-order valence-electron chi connectivity index (χ4n) is 4.25. The van der Waals surface area contributed by atoms with Crippen LogP contribution >= 0.6 is 23.2 Å². The highest BCUT2D eigenvalue weighted by molar-refractivity contribution is 6.31. The molecule has 3 aromatic carbocycles. The van der Waals surface area contributed by atoms with E-state index in [0.29, 0.717) is 28.8 Å². The lowest BCUT2D eigenvalue weighted by molar-refractivity contribution is 0.135. The van der Waals surface area contributed by atoms with Crippen LogP contribution < -0.4 is 9.47 Å². The lowest BCUT2D eigenvalue weighted by Crippen LogP contribution is -2.42. The van der Waals surface area contributed by atoms with Gasteiger partial charge in [0, 0.05) is 33.2 Å². The predicted octanol–water partition coefficient (Wildman–Crippen LogP) is 6.63. The number of fused-ring (bicyclic) bond motifs is 3. The molecule has 1 aliphatic rings. The number of rotatable bonds is 3. The van der Waals surface area contributed by atoms with E-state index in [1.807, 2.05) is 42.5 Å². The second-order valence-corrected chi connectivity index (χ2v) is 8.52. The number of H-pyrrole nitrogens is 1. The molecular formula is C25H20Cl2N2O3. The molecule has 0 aliphatic carbocycles. The number of aromatic amines is 1. The molecule has 1 aromatic heterocycles. The first kappa shape index (κ1) is 20.7. The van der Waals surface area contributed by atoms with E-state index >= 15 is 0 Å². The van der Waals surface area contributed by atoms with Crippen LogP contribution in [0.1, 0.15) is 22.9 Å². The van der Waals surface area contributed by atoms with E-state index in [1.165, 1.54) is 5.56 Å². The zero-order chi connectivity index (χ0) is 22.2. The van der Waals surface area contributed by atoms with Crippen molar-refractivity contribution in [2.45, 2.75) is 12.5 Å². The van der Waals surface area contributed by atoms with Gasteiger partial charge in [-0.15, -0.1) is 0 Å². The van der Waals surface area contributed by atoms with Gasteiger partial charge in [-0.1, -0.05) is 35.3 Å². The summed E-state index contributed by atoms with van der Waals surface area (Å²) in [6.45, 7) is 0.510. The Labute approximate surface area is 195 Å². The van der Waals surface area contributed by atoms with Gasteiger partial charge in [-0.3, -0.25) is 4.90 Å². The summed E-state index contributed by atoms with van der Waals surface area (Å²) in [4.78, 5) is 18.5. The van der Waals surface area contributed by atoms with Crippen LogP contribution in [0.25, 0.3) is 10.9 Å². The minimum atomic E-state index is -0.421. The van der Waals surface area contributed by atoms with Crippen LogP contribution in [0, 0.1) is 0 Å². The number of carbonyl (C=O) groups excluding carboxylic acids is 1. The predicted molar refractivity (Wildman–Crippen MR) is 126 cm³/mol. The van der Waals surface area contributed by atoms with Gasteiger partial charge < -0.3 is 14.5 Å². The molecule has 1 atom stereocenters. The van der Waals surface area contributed by atoms with E-state index in [9.17, 15) is 4.79 Å². The first-order chi connectivity index (χ1) is 15.5. The lowest BCUT2D eigenvalue weighted by atomic mass is 9.92. The molecule has 0 saturated carbocycles. The summed E-state index contributed by atoms with van der Waals surface area (Å²) in [5, 5.41) is 2.35. The third kappa shape index (κ3) is 3.78. The maximum Gasteiger partial charge on any atom is 0.416 e. The van der Waals surface area contributed by atoms with Gasteiger partial charge in [0.2, 0.25) is 0 Å². The Hall–Kier alpha value is -3.15. The van der Waals surface area contributed by atoms with Crippen LogP contribution in [0.5, 0.6) is 11.5 Å². The third-order valence-corrected chi connectivity index (χ3v) is 6.26. The molecule has 0 spiro atoms. The van der Waals surface area contributed by atoms with Crippen molar-refractivity contribution in [3.63, 3.8) is 0 Å². The van der Waals surface area contributed by atoms with E-state index in [-0.39, 0.29) is 6.04 Å².